The van der Waals surface area contributed by atoms with Crippen molar-refractivity contribution in [1.82, 2.24) is 9.80 Å². The third-order valence-corrected chi connectivity index (χ3v) is 5.98. The molecule has 1 aliphatic heterocycles. The molecule has 1 aromatic rings. The fourth-order valence-corrected chi connectivity index (χ4v) is 4.22. The average molecular weight is 608 g/mol. The minimum atomic E-state index is 0. The Bertz CT molecular complexity index is 609. The van der Waals surface area contributed by atoms with Gasteiger partial charge in [0.15, 0.2) is 0 Å². The molecule has 0 aromatic heterocycles. The van der Waals surface area contributed by atoms with Crippen LogP contribution in [0.1, 0.15) is 55.8 Å². The maximum Gasteiger partial charge on any atom is 2.00 e. The van der Waals surface area contributed by atoms with E-state index in [9.17, 15) is 9.59 Å². The minimum absolute atomic E-state index is 0. The van der Waals surface area contributed by atoms with Gasteiger partial charge in [-0.1, -0.05) is 31.7 Å². The molecule has 0 unspecified atom stereocenters. The zero-order chi connectivity index (χ0) is 19.1. The molecule has 1 heterocycles. The molecule has 1 aromatic carbocycles. The average Bonchev–Trinajstić information content (AvgIpc) is 2.75. The van der Waals surface area contributed by atoms with Gasteiger partial charge >= 0.3 is 31.1 Å². The van der Waals surface area contributed by atoms with E-state index in [0.717, 1.165) is 38.8 Å². The second-order valence-corrected chi connectivity index (χ2v) is 7.65. The second kappa shape index (κ2) is 12.1. The number of anilines is 1. The third kappa shape index (κ3) is 6.42. The Labute approximate surface area is 193 Å². The first kappa shape index (κ1) is 23.6. The minimum Gasteiger partial charge on any atom is -0.497 e. The Kier molecular flexibility index (Phi) is 10.2. The SMILES string of the molecule is CCC(=O)c1c[c-]c(N([C-]=O)CCN2CCN(C3CCCCC3)CC2)cc1.[U+2]. The number of benzene rings is 1. The molecule has 3 rings (SSSR count). The van der Waals surface area contributed by atoms with Crippen LogP contribution in [0.15, 0.2) is 18.2 Å². The molecule has 150 valence electrons. The molecule has 1 saturated carbocycles. The largest absolute Gasteiger partial charge is 2.00 e. The molecule has 5 nitrogen and oxygen atoms in total. The third-order valence-electron chi connectivity index (χ3n) is 5.98. The smallest absolute Gasteiger partial charge is 0.497 e. The van der Waals surface area contributed by atoms with Crippen LogP contribution in [0.4, 0.5) is 5.69 Å². The quantitative estimate of drug-likeness (QED) is 0.259. The summed E-state index contributed by atoms with van der Waals surface area (Å²) in [7, 11) is 0. The summed E-state index contributed by atoms with van der Waals surface area (Å²) in [5.41, 5.74) is 1.32. The number of carbonyl (C=O) groups excluding carboxylic acids is 2. The number of amides is 1. The summed E-state index contributed by atoms with van der Waals surface area (Å²) in [5, 5.41) is 0. The van der Waals surface area contributed by atoms with Crippen molar-refractivity contribution < 1.29 is 40.7 Å². The zero-order valence-corrected chi connectivity index (χ0v) is 21.1. The number of hydrogen-bond acceptors (Lipinski definition) is 4. The zero-order valence-electron chi connectivity index (χ0n) is 17.0. The Balaban J connectivity index is 0.00000280. The molecule has 0 atom stereocenters. The van der Waals surface area contributed by atoms with E-state index in [1.54, 1.807) is 23.1 Å². The van der Waals surface area contributed by atoms with E-state index in [1.807, 2.05) is 13.3 Å². The van der Waals surface area contributed by atoms with E-state index in [1.165, 1.54) is 32.1 Å². The van der Waals surface area contributed by atoms with Crippen molar-refractivity contribution in [2.45, 2.75) is 51.5 Å². The fourth-order valence-electron chi connectivity index (χ4n) is 4.22. The molecule has 1 aliphatic carbocycles. The molecule has 0 radical (unpaired) electrons. The van der Waals surface area contributed by atoms with Crippen LogP contribution in [-0.2, 0) is 4.79 Å². The maximum absolute atomic E-state index is 11.7. The van der Waals surface area contributed by atoms with Crippen molar-refractivity contribution in [3.63, 3.8) is 0 Å². The van der Waals surface area contributed by atoms with Crippen LogP contribution < -0.4 is 4.90 Å². The normalized spacial score (nSPS) is 19.0. The molecule has 1 saturated heterocycles. The van der Waals surface area contributed by atoms with E-state index >= 15 is 0 Å². The van der Waals surface area contributed by atoms with Gasteiger partial charge < -0.3 is 14.5 Å². The summed E-state index contributed by atoms with van der Waals surface area (Å²) < 4.78 is 0. The van der Waals surface area contributed by atoms with Crippen molar-refractivity contribution in [2.24, 2.45) is 0 Å². The predicted molar refractivity (Wildman–Crippen MR) is 108 cm³/mol. The van der Waals surface area contributed by atoms with Gasteiger partial charge in [-0.25, -0.2) is 11.8 Å². The van der Waals surface area contributed by atoms with Gasteiger partial charge in [0.1, 0.15) is 5.78 Å². The van der Waals surface area contributed by atoms with Gasteiger partial charge in [-0.3, -0.25) is 15.9 Å². The second-order valence-electron chi connectivity index (χ2n) is 7.65. The van der Waals surface area contributed by atoms with Gasteiger partial charge in [-0.2, -0.15) is 12.1 Å². The first-order valence-corrected chi connectivity index (χ1v) is 10.4. The Morgan fingerprint density at radius 2 is 1.89 bits per heavy atom. The van der Waals surface area contributed by atoms with Crippen LogP contribution in [0, 0.1) is 37.2 Å². The first-order valence-electron chi connectivity index (χ1n) is 10.4. The molecule has 2 fully saturated rings. The number of Topliss-reactive ketones (excluding diaryl/α,β-unsaturated/α-hetero) is 1. The molecule has 0 N–H and O–H groups in total. The van der Waals surface area contributed by atoms with E-state index in [4.69, 9.17) is 0 Å². The summed E-state index contributed by atoms with van der Waals surface area (Å²) >= 11 is 0. The van der Waals surface area contributed by atoms with Gasteiger partial charge in [-0.05, 0) is 19.3 Å². The summed E-state index contributed by atoms with van der Waals surface area (Å²) in [6.07, 6.45) is 9.38. The van der Waals surface area contributed by atoms with Crippen molar-refractivity contribution in [1.29, 1.82) is 0 Å². The van der Waals surface area contributed by atoms with Crippen molar-refractivity contribution in [3.05, 3.63) is 29.8 Å². The van der Waals surface area contributed by atoms with Gasteiger partial charge in [0.05, 0.1) is 6.41 Å². The van der Waals surface area contributed by atoms with Crippen LogP contribution in [0.5, 0.6) is 0 Å². The number of hydrogen-bond donors (Lipinski definition) is 0. The van der Waals surface area contributed by atoms with E-state index in [0.29, 0.717) is 24.2 Å². The summed E-state index contributed by atoms with van der Waals surface area (Å²) in [6.45, 7) is 7.69. The van der Waals surface area contributed by atoms with Gasteiger partial charge in [0.2, 0.25) is 0 Å². The Morgan fingerprint density at radius 3 is 2.46 bits per heavy atom. The number of ketones is 1. The summed E-state index contributed by atoms with van der Waals surface area (Å²) in [5.74, 6) is 0.0928. The number of nitrogens with zero attached hydrogens (tertiary/aromatic N) is 3. The van der Waals surface area contributed by atoms with Crippen LogP contribution in [0.2, 0.25) is 0 Å². The van der Waals surface area contributed by atoms with Crippen molar-refractivity contribution in [2.75, 3.05) is 44.2 Å². The molecule has 2 aliphatic rings. The van der Waals surface area contributed by atoms with E-state index < -0.39 is 0 Å². The number of rotatable bonds is 8. The van der Waals surface area contributed by atoms with E-state index in [-0.39, 0.29) is 36.9 Å². The molecular formula is C22H31N3O2U. The Hall–Kier alpha value is -0.668. The first-order chi connectivity index (χ1) is 13.2. The number of carbonyl (C=O) groups is 1. The van der Waals surface area contributed by atoms with Crippen LogP contribution in [0.3, 0.4) is 0 Å². The fraction of sp³-hybridized carbons (Fsp3) is 0.636. The standard InChI is InChI=1S/C22H31N3O2.U/c1-2-22(27)19-8-10-21(11-9-19)25(18-26)17-14-23-12-15-24(16-13-23)20-6-4-3-5-7-20;/h8-10,20H,2-7,12-17H2,1H3;/q-2;+2. The molecule has 0 bridgehead atoms. The summed E-state index contributed by atoms with van der Waals surface area (Å²) in [6, 6.07) is 9.08. The molecular weight excluding hydrogens is 576 g/mol. The van der Waals surface area contributed by atoms with Crippen LogP contribution in [-0.4, -0.2) is 67.3 Å². The monoisotopic (exact) mass is 607 g/mol. The molecule has 1 amide bonds. The predicted octanol–water partition coefficient (Wildman–Crippen LogP) is 2.90. The van der Waals surface area contributed by atoms with Crippen LogP contribution in [0.25, 0.3) is 0 Å². The summed E-state index contributed by atoms with van der Waals surface area (Å²) in [4.78, 5) is 29.8. The van der Waals surface area contributed by atoms with Gasteiger partial charge in [0, 0.05) is 45.3 Å². The maximum atomic E-state index is 11.7. The van der Waals surface area contributed by atoms with Crippen molar-refractivity contribution in [3.8, 4) is 0 Å². The molecule has 0 spiro atoms. The Morgan fingerprint density at radius 1 is 1.18 bits per heavy atom. The molecule has 28 heavy (non-hydrogen) atoms. The van der Waals surface area contributed by atoms with Gasteiger partial charge in [0.25, 0.3) is 0 Å². The number of piperazine rings is 1. The topological polar surface area (TPSA) is 43.9 Å². The van der Waals surface area contributed by atoms with Gasteiger partial charge in [-0.15, -0.1) is 0 Å². The molecule has 6 heteroatoms. The van der Waals surface area contributed by atoms with Crippen molar-refractivity contribution >= 4 is 17.9 Å². The van der Waals surface area contributed by atoms with Crippen LogP contribution >= 0.6 is 0 Å². The van der Waals surface area contributed by atoms with E-state index in [2.05, 4.69) is 15.9 Å².